The maximum absolute atomic E-state index is 13.0. The molecule has 4 aliphatic rings. The molecule has 2 saturated heterocycles. The van der Waals surface area contributed by atoms with Crippen molar-refractivity contribution in [2.45, 2.75) is 94.9 Å². The Bertz CT molecular complexity index is 765. The molecule has 5 heteroatoms. The number of amides is 1. The first-order valence-corrected chi connectivity index (χ1v) is 11.9. The van der Waals surface area contributed by atoms with Crippen LogP contribution in [-0.4, -0.2) is 46.0 Å². The molecule has 2 bridgehead atoms. The monoisotopic (exact) mass is 411 g/mol. The van der Waals surface area contributed by atoms with Crippen LogP contribution < -0.4 is 4.74 Å². The van der Waals surface area contributed by atoms with Gasteiger partial charge in [0.15, 0.2) is 0 Å². The molecule has 2 unspecified atom stereocenters. The van der Waals surface area contributed by atoms with Gasteiger partial charge < -0.3 is 14.7 Å². The number of carbonyl (C=O) groups excluding carboxylic acids is 2. The molecule has 162 valence electrons. The third-order valence-corrected chi connectivity index (χ3v) is 7.66. The van der Waals surface area contributed by atoms with E-state index in [9.17, 15) is 14.7 Å². The molecule has 1 amide bonds. The topological polar surface area (TPSA) is 66.8 Å². The minimum Gasteiger partial charge on any atom is -0.490 e. The molecule has 1 N–H and O–H groups in total. The Hall–Kier alpha value is -1.88. The van der Waals surface area contributed by atoms with Crippen LogP contribution in [0.15, 0.2) is 24.3 Å². The number of hydrogen-bond donors (Lipinski definition) is 1. The van der Waals surface area contributed by atoms with E-state index in [0.717, 1.165) is 63.5 Å². The van der Waals surface area contributed by atoms with Gasteiger partial charge in [0, 0.05) is 30.0 Å². The Morgan fingerprint density at radius 3 is 2.13 bits per heavy atom. The Balaban J connectivity index is 1.12. The van der Waals surface area contributed by atoms with Crippen molar-refractivity contribution >= 4 is 11.7 Å². The van der Waals surface area contributed by atoms with Crippen molar-refractivity contribution < 1.29 is 19.4 Å². The summed E-state index contributed by atoms with van der Waals surface area (Å²) in [4.78, 5) is 27.1. The van der Waals surface area contributed by atoms with E-state index in [1.807, 2.05) is 29.2 Å². The van der Waals surface area contributed by atoms with Gasteiger partial charge in [-0.25, -0.2) is 0 Å². The number of carbonyl (C=O) groups is 2. The number of hydrogen-bond acceptors (Lipinski definition) is 4. The van der Waals surface area contributed by atoms with Crippen molar-refractivity contribution in [2.24, 2.45) is 11.8 Å². The highest BCUT2D eigenvalue weighted by atomic mass is 16.5. The quantitative estimate of drug-likeness (QED) is 0.765. The zero-order valence-corrected chi connectivity index (χ0v) is 17.7. The lowest BCUT2D eigenvalue weighted by molar-refractivity contribution is -0.121. The molecular formula is C25H33NO4. The second-order valence-corrected chi connectivity index (χ2v) is 9.95. The van der Waals surface area contributed by atoms with Crippen LogP contribution in [0, 0.1) is 11.8 Å². The standard InChI is InChI=1S/C25H33NO4/c27-21-14-19-7-8-20(15-21)26(19)25(29)18-5-11-23(12-6-18)30-22-9-1-16(2-10-22)13-24(28)17-3-4-17/h5-6,11-12,16-17,19-22,27H,1-4,7-10,13-15H2. The number of rotatable bonds is 6. The zero-order chi connectivity index (χ0) is 20.7. The van der Waals surface area contributed by atoms with Crippen molar-refractivity contribution in [2.75, 3.05) is 0 Å². The highest BCUT2D eigenvalue weighted by Gasteiger charge is 2.43. The number of fused-ring (bicyclic) bond motifs is 2. The lowest BCUT2D eigenvalue weighted by Gasteiger charge is -2.37. The first-order valence-electron chi connectivity index (χ1n) is 11.9. The summed E-state index contributed by atoms with van der Waals surface area (Å²) in [6.07, 6.45) is 10.5. The number of piperidine rings is 1. The second-order valence-electron chi connectivity index (χ2n) is 9.95. The van der Waals surface area contributed by atoms with Crippen LogP contribution in [0.4, 0.5) is 0 Å². The first kappa shape index (κ1) is 20.0. The summed E-state index contributed by atoms with van der Waals surface area (Å²) < 4.78 is 6.17. The minimum atomic E-state index is -0.260. The molecule has 1 aromatic rings. The summed E-state index contributed by atoms with van der Waals surface area (Å²) in [5, 5.41) is 9.97. The van der Waals surface area contributed by atoms with Gasteiger partial charge in [-0.05, 0) is 94.4 Å². The molecule has 2 aliphatic carbocycles. The number of aliphatic hydroxyl groups is 1. The van der Waals surface area contributed by atoms with Crippen LogP contribution in [0.2, 0.25) is 0 Å². The summed E-state index contributed by atoms with van der Waals surface area (Å²) in [6.45, 7) is 0. The van der Waals surface area contributed by atoms with Crippen LogP contribution in [0.1, 0.15) is 81.0 Å². The summed E-state index contributed by atoms with van der Waals surface area (Å²) in [5.74, 6) is 2.31. The summed E-state index contributed by atoms with van der Waals surface area (Å²) in [6, 6.07) is 7.95. The third kappa shape index (κ3) is 4.27. The van der Waals surface area contributed by atoms with Crippen molar-refractivity contribution in [1.29, 1.82) is 0 Å². The highest BCUT2D eigenvalue weighted by Crippen LogP contribution is 2.38. The van der Waals surface area contributed by atoms with Crippen LogP contribution in [0.25, 0.3) is 0 Å². The lowest BCUT2D eigenvalue weighted by Crippen LogP contribution is -2.47. The second kappa shape index (κ2) is 8.33. The van der Waals surface area contributed by atoms with Crippen LogP contribution >= 0.6 is 0 Å². The lowest BCUT2D eigenvalue weighted by atomic mass is 9.83. The SMILES string of the molecule is O=C(CC1CCC(Oc2ccc(C(=O)N3C4CCC3CC(O)C4)cc2)CC1)C1CC1. The Kier molecular flexibility index (Phi) is 5.57. The number of benzene rings is 1. The van der Waals surface area contributed by atoms with Gasteiger partial charge in [0.05, 0.1) is 12.2 Å². The molecule has 2 heterocycles. The molecule has 0 spiro atoms. The molecule has 5 rings (SSSR count). The summed E-state index contributed by atoms with van der Waals surface area (Å²) in [5.41, 5.74) is 0.706. The van der Waals surface area contributed by atoms with Crippen molar-refractivity contribution in [3.63, 3.8) is 0 Å². The van der Waals surface area contributed by atoms with Gasteiger partial charge in [-0.3, -0.25) is 9.59 Å². The predicted octanol–water partition coefficient (Wildman–Crippen LogP) is 4.12. The molecule has 0 radical (unpaired) electrons. The Labute approximate surface area is 178 Å². The van der Waals surface area contributed by atoms with Crippen LogP contribution in [-0.2, 0) is 4.79 Å². The fourth-order valence-corrected chi connectivity index (χ4v) is 5.81. The molecule has 1 aromatic carbocycles. The number of aliphatic hydroxyl groups excluding tert-OH is 1. The van der Waals surface area contributed by atoms with Crippen LogP contribution in [0.3, 0.4) is 0 Å². The minimum absolute atomic E-state index is 0.0850. The number of ketones is 1. The van der Waals surface area contributed by atoms with Gasteiger partial charge in [-0.1, -0.05) is 0 Å². The molecular weight excluding hydrogens is 378 g/mol. The largest absolute Gasteiger partial charge is 0.490 e. The maximum atomic E-state index is 13.0. The molecule has 4 fully saturated rings. The summed E-state index contributed by atoms with van der Waals surface area (Å²) in [7, 11) is 0. The highest BCUT2D eigenvalue weighted by molar-refractivity contribution is 5.95. The Morgan fingerprint density at radius 2 is 1.53 bits per heavy atom. The van der Waals surface area contributed by atoms with Gasteiger partial charge >= 0.3 is 0 Å². The van der Waals surface area contributed by atoms with E-state index in [0.29, 0.717) is 36.0 Å². The van der Waals surface area contributed by atoms with Gasteiger partial charge in [0.25, 0.3) is 5.91 Å². The predicted molar refractivity (Wildman–Crippen MR) is 113 cm³/mol. The van der Waals surface area contributed by atoms with Gasteiger partial charge in [-0.15, -0.1) is 0 Å². The van der Waals surface area contributed by atoms with E-state index in [-0.39, 0.29) is 30.2 Å². The van der Waals surface area contributed by atoms with E-state index in [2.05, 4.69) is 0 Å². The summed E-state index contributed by atoms with van der Waals surface area (Å²) >= 11 is 0. The van der Waals surface area contributed by atoms with E-state index in [1.54, 1.807) is 0 Å². The average molecular weight is 412 g/mol. The van der Waals surface area contributed by atoms with Gasteiger partial charge in [-0.2, -0.15) is 0 Å². The smallest absolute Gasteiger partial charge is 0.254 e. The van der Waals surface area contributed by atoms with E-state index in [4.69, 9.17) is 4.74 Å². The fraction of sp³-hybridized carbons (Fsp3) is 0.680. The molecule has 5 nitrogen and oxygen atoms in total. The normalized spacial score (nSPS) is 33.4. The molecule has 2 aliphatic heterocycles. The van der Waals surface area contributed by atoms with E-state index >= 15 is 0 Å². The zero-order valence-electron chi connectivity index (χ0n) is 17.7. The number of nitrogens with zero attached hydrogens (tertiary/aromatic N) is 1. The molecule has 0 aromatic heterocycles. The van der Waals surface area contributed by atoms with Crippen molar-refractivity contribution in [3.8, 4) is 5.75 Å². The van der Waals surface area contributed by atoms with Crippen molar-refractivity contribution in [3.05, 3.63) is 29.8 Å². The van der Waals surface area contributed by atoms with E-state index in [1.165, 1.54) is 0 Å². The van der Waals surface area contributed by atoms with E-state index < -0.39 is 0 Å². The molecule has 2 saturated carbocycles. The number of ether oxygens (including phenoxy) is 1. The molecule has 2 atom stereocenters. The van der Waals surface area contributed by atoms with Gasteiger partial charge in [0.1, 0.15) is 11.5 Å². The molecule has 30 heavy (non-hydrogen) atoms. The number of Topliss-reactive ketones (excluding diaryl/α,β-unsaturated/α-hetero) is 1. The maximum Gasteiger partial charge on any atom is 0.254 e. The van der Waals surface area contributed by atoms with Crippen molar-refractivity contribution in [1.82, 2.24) is 4.90 Å². The average Bonchev–Trinajstić information content (AvgIpc) is 3.55. The van der Waals surface area contributed by atoms with Gasteiger partial charge in [0.2, 0.25) is 0 Å². The fourth-order valence-electron chi connectivity index (χ4n) is 5.81. The first-order chi connectivity index (χ1) is 14.6. The Morgan fingerprint density at radius 1 is 0.900 bits per heavy atom. The third-order valence-electron chi connectivity index (χ3n) is 7.66. The van der Waals surface area contributed by atoms with Crippen LogP contribution in [0.5, 0.6) is 5.75 Å².